The van der Waals surface area contributed by atoms with E-state index in [9.17, 15) is 19.1 Å². The molecule has 1 aromatic heterocycles. The van der Waals surface area contributed by atoms with Crippen LogP contribution in [0.5, 0.6) is 0 Å². The average Bonchev–Trinajstić information content (AvgIpc) is 2.89. The van der Waals surface area contributed by atoms with E-state index in [1.165, 1.54) is 34.9 Å². The lowest BCUT2D eigenvalue weighted by Crippen LogP contribution is -2.37. The number of nitrogens with one attached hydrogen (secondary N) is 1. The minimum Gasteiger partial charge on any atom is -0.407 e. The second kappa shape index (κ2) is 6.52. The number of fused-ring (bicyclic) bond motifs is 1. The maximum Gasteiger partial charge on any atom is 0.419 e. The third-order valence-corrected chi connectivity index (χ3v) is 4.11. The van der Waals surface area contributed by atoms with Gasteiger partial charge in [0, 0.05) is 7.05 Å². The van der Waals surface area contributed by atoms with Gasteiger partial charge in [-0.1, -0.05) is 18.2 Å². The molecule has 130 valence electrons. The number of aliphatic hydroxyl groups excluding tert-OH is 1. The highest BCUT2D eigenvalue weighted by Crippen LogP contribution is 2.20. The minimum absolute atomic E-state index is 0.191. The number of aromatic nitrogens is 1. The Hall–Kier alpha value is -2.93. The van der Waals surface area contributed by atoms with Crippen LogP contribution < -0.4 is 11.1 Å². The molecule has 0 radical (unpaired) electrons. The Morgan fingerprint density at radius 1 is 1.24 bits per heavy atom. The van der Waals surface area contributed by atoms with Crippen molar-refractivity contribution in [3.8, 4) is 0 Å². The van der Waals surface area contributed by atoms with Crippen molar-refractivity contribution in [1.29, 1.82) is 0 Å². The van der Waals surface area contributed by atoms with Crippen LogP contribution in [0.15, 0.2) is 51.7 Å². The number of carbonyl (C=O) groups excluding carboxylic acids is 1. The summed E-state index contributed by atoms with van der Waals surface area (Å²) in [6.45, 7) is 1.63. The van der Waals surface area contributed by atoms with E-state index in [0.29, 0.717) is 11.1 Å². The Bertz CT molecular complexity index is 975. The number of halogens is 1. The smallest absolute Gasteiger partial charge is 0.407 e. The molecule has 6 nitrogen and oxygen atoms in total. The summed E-state index contributed by atoms with van der Waals surface area (Å²) in [7, 11) is 1.55. The minimum atomic E-state index is -1.01. The van der Waals surface area contributed by atoms with E-state index in [-0.39, 0.29) is 11.1 Å². The van der Waals surface area contributed by atoms with Gasteiger partial charge in [0.05, 0.1) is 23.2 Å². The molecule has 3 aromatic rings. The molecule has 3 rings (SSSR count). The molecule has 0 aliphatic carbocycles. The zero-order chi connectivity index (χ0) is 18.1. The van der Waals surface area contributed by atoms with Crippen molar-refractivity contribution < 1.29 is 18.7 Å². The van der Waals surface area contributed by atoms with Gasteiger partial charge in [0.15, 0.2) is 5.58 Å². The highest BCUT2D eigenvalue weighted by Gasteiger charge is 2.22. The Morgan fingerprint density at radius 2 is 1.92 bits per heavy atom. The van der Waals surface area contributed by atoms with Crippen molar-refractivity contribution in [2.75, 3.05) is 0 Å². The van der Waals surface area contributed by atoms with Gasteiger partial charge < -0.3 is 14.8 Å². The Labute approximate surface area is 142 Å². The lowest BCUT2D eigenvalue weighted by molar-refractivity contribution is 0.0852. The van der Waals surface area contributed by atoms with Crippen LogP contribution >= 0.6 is 0 Å². The molecule has 0 fully saturated rings. The fourth-order valence-electron chi connectivity index (χ4n) is 2.64. The largest absolute Gasteiger partial charge is 0.419 e. The number of hydrogen-bond acceptors (Lipinski definition) is 4. The normalized spacial score (nSPS) is 13.6. The van der Waals surface area contributed by atoms with Gasteiger partial charge in [-0.3, -0.25) is 9.36 Å². The molecule has 0 bridgehead atoms. The number of carbonyl (C=O) groups is 1. The van der Waals surface area contributed by atoms with Crippen LogP contribution in [-0.2, 0) is 7.05 Å². The lowest BCUT2D eigenvalue weighted by Gasteiger charge is -2.20. The van der Waals surface area contributed by atoms with Crippen LogP contribution in [0.4, 0.5) is 4.39 Å². The second-order valence-corrected chi connectivity index (χ2v) is 5.84. The molecule has 1 heterocycles. The topological polar surface area (TPSA) is 84.5 Å². The van der Waals surface area contributed by atoms with Crippen molar-refractivity contribution in [3.63, 3.8) is 0 Å². The molecule has 2 N–H and O–H groups in total. The van der Waals surface area contributed by atoms with E-state index < -0.39 is 29.6 Å². The summed E-state index contributed by atoms with van der Waals surface area (Å²) in [5, 5.41) is 13.0. The Balaban J connectivity index is 1.83. The summed E-state index contributed by atoms with van der Waals surface area (Å²) < 4.78 is 19.4. The zero-order valence-corrected chi connectivity index (χ0v) is 13.7. The van der Waals surface area contributed by atoms with Crippen LogP contribution in [0.3, 0.4) is 0 Å². The third-order valence-electron chi connectivity index (χ3n) is 4.11. The van der Waals surface area contributed by atoms with Crippen LogP contribution in [0.25, 0.3) is 11.1 Å². The number of oxazole rings is 1. The maximum absolute atomic E-state index is 13.0. The lowest BCUT2D eigenvalue weighted by atomic mass is 10.0. The summed E-state index contributed by atoms with van der Waals surface area (Å²) in [4.78, 5) is 24.2. The van der Waals surface area contributed by atoms with E-state index >= 15 is 0 Å². The molecule has 2 aromatic carbocycles. The number of amides is 1. The van der Waals surface area contributed by atoms with Gasteiger partial charge in [-0.25, -0.2) is 9.18 Å². The van der Waals surface area contributed by atoms with Gasteiger partial charge in [0.2, 0.25) is 0 Å². The molecular formula is C18H17FN2O4. The van der Waals surface area contributed by atoms with E-state index in [0.717, 1.165) is 0 Å². The highest BCUT2D eigenvalue weighted by molar-refractivity contribution is 6.04. The number of rotatable bonds is 4. The van der Waals surface area contributed by atoms with Crippen molar-refractivity contribution in [2.24, 2.45) is 7.05 Å². The molecule has 2 unspecified atom stereocenters. The SMILES string of the molecule is CC(NC(=O)c1cccc2c1oc(=O)n2C)C(O)c1ccc(F)cc1. The molecule has 7 heteroatoms. The molecule has 0 aliphatic heterocycles. The van der Waals surface area contributed by atoms with Crippen molar-refractivity contribution in [1.82, 2.24) is 9.88 Å². The predicted molar refractivity (Wildman–Crippen MR) is 89.7 cm³/mol. The molecule has 0 saturated carbocycles. The Kier molecular flexibility index (Phi) is 4.41. The Morgan fingerprint density at radius 3 is 2.60 bits per heavy atom. The molecule has 1 amide bonds. The van der Waals surface area contributed by atoms with E-state index in [2.05, 4.69) is 5.32 Å². The van der Waals surface area contributed by atoms with Gasteiger partial charge in [0.25, 0.3) is 5.91 Å². The van der Waals surface area contributed by atoms with Gasteiger partial charge in [-0.05, 0) is 36.8 Å². The number of benzene rings is 2. The quantitative estimate of drug-likeness (QED) is 0.759. The van der Waals surface area contributed by atoms with Gasteiger partial charge in [-0.15, -0.1) is 0 Å². The van der Waals surface area contributed by atoms with Crippen molar-refractivity contribution in [2.45, 2.75) is 19.1 Å². The van der Waals surface area contributed by atoms with E-state index in [1.807, 2.05) is 0 Å². The van der Waals surface area contributed by atoms with Crippen LogP contribution in [0.2, 0.25) is 0 Å². The first-order valence-electron chi connectivity index (χ1n) is 7.71. The number of hydrogen-bond donors (Lipinski definition) is 2. The second-order valence-electron chi connectivity index (χ2n) is 5.84. The predicted octanol–water partition coefficient (Wildman–Crippen LogP) is 2.12. The van der Waals surface area contributed by atoms with Crippen molar-refractivity contribution in [3.05, 3.63) is 70.0 Å². The zero-order valence-electron chi connectivity index (χ0n) is 13.7. The van der Waals surface area contributed by atoms with Gasteiger partial charge >= 0.3 is 5.76 Å². The first-order valence-corrected chi connectivity index (χ1v) is 7.71. The fraction of sp³-hybridized carbons (Fsp3) is 0.222. The monoisotopic (exact) mass is 344 g/mol. The summed E-state index contributed by atoms with van der Waals surface area (Å²) in [6, 6.07) is 9.63. The molecule has 0 spiro atoms. The summed E-state index contributed by atoms with van der Waals surface area (Å²) >= 11 is 0. The molecule has 0 saturated heterocycles. The van der Waals surface area contributed by atoms with Gasteiger partial charge in [0.1, 0.15) is 5.82 Å². The molecule has 2 atom stereocenters. The first kappa shape index (κ1) is 16.9. The summed E-state index contributed by atoms with van der Waals surface area (Å²) in [5.74, 6) is -1.44. The fourth-order valence-corrected chi connectivity index (χ4v) is 2.64. The molecular weight excluding hydrogens is 327 g/mol. The van der Waals surface area contributed by atoms with E-state index in [1.54, 1.807) is 26.1 Å². The summed E-state index contributed by atoms with van der Waals surface area (Å²) in [5.41, 5.74) is 1.38. The number of aliphatic hydroxyl groups is 1. The van der Waals surface area contributed by atoms with E-state index in [4.69, 9.17) is 4.42 Å². The van der Waals surface area contributed by atoms with Crippen LogP contribution in [0.1, 0.15) is 28.9 Å². The average molecular weight is 344 g/mol. The van der Waals surface area contributed by atoms with Crippen LogP contribution in [0, 0.1) is 5.82 Å². The number of aryl methyl sites for hydroxylation is 1. The van der Waals surface area contributed by atoms with Gasteiger partial charge in [-0.2, -0.15) is 0 Å². The standard InChI is InChI=1S/C18H17FN2O4/c1-10(15(22)11-6-8-12(19)9-7-11)20-17(23)13-4-3-5-14-16(13)25-18(24)21(14)2/h3-10,15,22H,1-2H3,(H,20,23). The number of nitrogens with zero attached hydrogens (tertiary/aromatic N) is 1. The molecule has 25 heavy (non-hydrogen) atoms. The third kappa shape index (κ3) is 3.18. The highest BCUT2D eigenvalue weighted by atomic mass is 19.1. The first-order chi connectivity index (χ1) is 11.9. The van der Waals surface area contributed by atoms with Crippen LogP contribution in [-0.4, -0.2) is 21.6 Å². The maximum atomic E-state index is 13.0. The number of para-hydroxylation sites is 1. The van der Waals surface area contributed by atoms with Crippen molar-refractivity contribution >= 4 is 17.0 Å². The summed E-state index contributed by atoms with van der Waals surface area (Å²) in [6.07, 6.45) is -1.01. The molecule has 0 aliphatic rings.